The number of unbranched alkanes of at least 4 members (excludes halogenated alkanes) is 3. The van der Waals surface area contributed by atoms with E-state index in [2.05, 4.69) is 63.3 Å². The van der Waals surface area contributed by atoms with Crippen LogP contribution in [0.1, 0.15) is 64.9 Å². The number of carbonyl (C=O) groups excluding carboxylic acids is 1. The van der Waals surface area contributed by atoms with Gasteiger partial charge in [-0.2, -0.15) is 0 Å². The summed E-state index contributed by atoms with van der Waals surface area (Å²) in [4.78, 5) is 12.7. The molecule has 0 saturated heterocycles. The first-order chi connectivity index (χ1) is 13.6. The molecule has 0 N–H and O–H groups in total. The molecule has 0 aromatic heterocycles. The number of carbonyl (C=O) groups is 1. The molecule has 0 unspecified atom stereocenters. The molecule has 3 heteroatoms. The zero-order valence-electron chi connectivity index (χ0n) is 18.5. The summed E-state index contributed by atoms with van der Waals surface area (Å²) in [5.41, 5.74) is 1.23. The van der Waals surface area contributed by atoms with Crippen LogP contribution in [0.4, 0.5) is 0 Å². The summed E-state index contributed by atoms with van der Waals surface area (Å²) in [6.07, 6.45) is 12.5. The average Bonchev–Trinajstić information content (AvgIpc) is 3.47. The summed E-state index contributed by atoms with van der Waals surface area (Å²) in [6.45, 7) is 6.94. The molecule has 1 aliphatic carbocycles. The van der Waals surface area contributed by atoms with Crippen molar-refractivity contribution in [1.29, 1.82) is 0 Å². The van der Waals surface area contributed by atoms with Gasteiger partial charge in [-0.1, -0.05) is 0 Å². The van der Waals surface area contributed by atoms with Crippen molar-refractivity contribution in [3.05, 3.63) is 42.0 Å². The first-order valence-corrected chi connectivity index (χ1v) is 19.1. The van der Waals surface area contributed by atoms with Crippen molar-refractivity contribution >= 4 is 30.4 Å². The summed E-state index contributed by atoms with van der Waals surface area (Å²) < 4.78 is 10.3. The Kier molecular flexibility index (Phi) is 10.1. The molecular weight excluding hydrogens is 451 g/mol. The first-order valence-electron chi connectivity index (χ1n) is 11.4. The second kappa shape index (κ2) is 12.0. The second-order valence-electron chi connectivity index (χ2n) is 8.59. The van der Waals surface area contributed by atoms with Gasteiger partial charge in [0.05, 0.1) is 0 Å². The van der Waals surface area contributed by atoms with Gasteiger partial charge in [0.25, 0.3) is 0 Å². The van der Waals surface area contributed by atoms with E-state index < -0.39 is 18.4 Å². The first kappa shape index (κ1) is 23.5. The molecule has 1 aliphatic rings. The molecule has 28 heavy (non-hydrogen) atoms. The average molecular weight is 491 g/mol. The number of esters is 1. The number of rotatable bonds is 13. The quantitative estimate of drug-likeness (QED) is 0.213. The monoisotopic (exact) mass is 492 g/mol. The van der Waals surface area contributed by atoms with Crippen molar-refractivity contribution in [2.24, 2.45) is 11.8 Å². The van der Waals surface area contributed by atoms with Crippen molar-refractivity contribution < 1.29 is 9.53 Å². The van der Waals surface area contributed by atoms with Gasteiger partial charge < -0.3 is 0 Å². The fraction of sp³-hybridized carbons (Fsp3) is 0.640. The van der Waals surface area contributed by atoms with Crippen LogP contribution in [0.5, 0.6) is 0 Å². The molecule has 1 saturated carbocycles. The molecule has 0 radical (unpaired) electrons. The van der Waals surface area contributed by atoms with Gasteiger partial charge in [0.2, 0.25) is 0 Å². The molecule has 0 amide bonds. The molecule has 1 fully saturated rings. The molecule has 2 nitrogen and oxygen atoms in total. The van der Waals surface area contributed by atoms with Crippen LogP contribution in [0.2, 0.25) is 17.2 Å². The van der Waals surface area contributed by atoms with Crippen LogP contribution in [0.25, 0.3) is 6.08 Å². The summed E-state index contributed by atoms with van der Waals surface area (Å²) in [7, 11) is 1.57. The van der Waals surface area contributed by atoms with Crippen molar-refractivity contribution in [2.75, 3.05) is 7.11 Å². The van der Waals surface area contributed by atoms with E-state index in [4.69, 9.17) is 4.74 Å². The van der Waals surface area contributed by atoms with E-state index in [9.17, 15) is 4.79 Å². The molecule has 2 rings (SSSR count). The number of hydrogen-bond acceptors (Lipinski definition) is 2. The Bertz CT molecular complexity index is 588. The van der Waals surface area contributed by atoms with Crippen LogP contribution < -0.4 is 0 Å². The third-order valence-electron chi connectivity index (χ3n) is 6.65. The third-order valence-corrected chi connectivity index (χ3v) is 24.4. The van der Waals surface area contributed by atoms with Crippen LogP contribution in [0.3, 0.4) is 0 Å². The Morgan fingerprint density at radius 1 is 0.964 bits per heavy atom. The van der Waals surface area contributed by atoms with Gasteiger partial charge >= 0.3 is 177 Å². The molecule has 156 valence electrons. The van der Waals surface area contributed by atoms with Gasteiger partial charge in [-0.05, 0) is 0 Å². The Morgan fingerprint density at radius 3 is 1.96 bits per heavy atom. The van der Waals surface area contributed by atoms with E-state index in [1.165, 1.54) is 57.4 Å². The van der Waals surface area contributed by atoms with Crippen LogP contribution >= 0.6 is 0 Å². The van der Waals surface area contributed by atoms with Gasteiger partial charge in [-0.15, -0.1) is 0 Å². The van der Waals surface area contributed by atoms with Gasteiger partial charge in [0.1, 0.15) is 0 Å². The summed E-state index contributed by atoms with van der Waals surface area (Å²) >= 11 is -2.44. The van der Waals surface area contributed by atoms with Crippen LogP contribution in [0, 0.1) is 11.8 Å². The SMILES string of the molecule is CCC[CH2][Sn]([CH2]CCC)([CH2]CCC)[C@H]1[C@@H](/C=C/c2ccccc2)[C@@H]1C(=O)OC. The molecular formula is C25H40O2Sn. The number of methoxy groups -OCH3 is 1. The van der Waals surface area contributed by atoms with Gasteiger partial charge in [-0.3, -0.25) is 0 Å². The van der Waals surface area contributed by atoms with Crippen molar-refractivity contribution in [2.45, 2.75) is 76.5 Å². The number of hydrogen-bond donors (Lipinski definition) is 0. The maximum absolute atomic E-state index is 12.7. The molecule has 0 bridgehead atoms. The van der Waals surface area contributed by atoms with Crippen molar-refractivity contribution in [1.82, 2.24) is 0 Å². The molecule has 3 atom stereocenters. The number of ether oxygens (including phenoxy) is 1. The molecule has 0 spiro atoms. The molecule has 0 aliphatic heterocycles. The summed E-state index contributed by atoms with van der Waals surface area (Å²) in [5.74, 6) is 0.582. The molecule has 1 aromatic rings. The Labute approximate surface area is 177 Å². The van der Waals surface area contributed by atoms with Gasteiger partial charge in [0.15, 0.2) is 0 Å². The fourth-order valence-electron chi connectivity index (χ4n) is 5.05. The number of benzene rings is 1. The van der Waals surface area contributed by atoms with E-state index in [0.717, 1.165) is 0 Å². The number of allylic oxidation sites excluding steroid dienone is 1. The summed E-state index contributed by atoms with van der Waals surface area (Å²) in [5, 5.41) is 0. The minimum absolute atomic E-state index is 0.0401. The zero-order valence-corrected chi connectivity index (χ0v) is 21.3. The maximum atomic E-state index is 12.7. The Hall–Kier alpha value is -0.771. The van der Waals surface area contributed by atoms with Crippen molar-refractivity contribution in [3.8, 4) is 0 Å². The van der Waals surface area contributed by atoms with Crippen LogP contribution in [-0.2, 0) is 9.53 Å². The zero-order chi connectivity index (χ0) is 20.4. The van der Waals surface area contributed by atoms with E-state index in [1.807, 2.05) is 0 Å². The Balaban J connectivity index is 2.29. The van der Waals surface area contributed by atoms with Crippen LogP contribution in [-0.4, -0.2) is 31.5 Å². The predicted molar refractivity (Wildman–Crippen MR) is 123 cm³/mol. The Morgan fingerprint density at radius 2 is 1.50 bits per heavy atom. The van der Waals surface area contributed by atoms with Crippen LogP contribution in [0.15, 0.2) is 36.4 Å². The standard InChI is InChI=1S/C13H13O2.3C4H9.Sn/c1-15-13(14)12-9-11(12)8-7-10-5-3-2-4-6-10;3*1-3-4-2;/h2-9,11-12H,1H3;3*1,3-4H2,2H3;/b8-7+;;;;/t11-,12-;;;;/m1..../s1. The van der Waals surface area contributed by atoms with E-state index in [-0.39, 0.29) is 11.9 Å². The third kappa shape index (κ3) is 6.11. The molecule has 0 heterocycles. The van der Waals surface area contributed by atoms with E-state index in [1.54, 1.807) is 7.11 Å². The van der Waals surface area contributed by atoms with Crippen molar-refractivity contribution in [3.63, 3.8) is 0 Å². The second-order valence-corrected chi connectivity index (χ2v) is 22.6. The fourth-order valence-corrected chi connectivity index (χ4v) is 25.2. The normalized spacial score (nSPS) is 21.8. The van der Waals surface area contributed by atoms with E-state index >= 15 is 0 Å². The summed E-state index contributed by atoms with van der Waals surface area (Å²) in [6, 6.07) is 10.5. The molecule has 1 aromatic carbocycles. The minimum atomic E-state index is -2.44. The van der Waals surface area contributed by atoms with Gasteiger partial charge in [0, 0.05) is 0 Å². The van der Waals surface area contributed by atoms with E-state index in [0.29, 0.717) is 9.85 Å². The topological polar surface area (TPSA) is 26.3 Å². The van der Waals surface area contributed by atoms with Gasteiger partial charge in [-0.25, -0.2) is 0 Å². The predicted octanol–water partition coefficient (Wildman–Crippen LogP) is 7.34.